The van der Waals surface area contributed by atoms with Crippen molar-refractivity contribution in [1.29, 1.82) is 0 Å². The van der Waals surface area contributed by atoms with Gasteiger partial charge in [0, 0.05) is 20.2 Å². The SMILES string of the molecule is C[C@@H](OP(=O)(O)OCCSCCCCCCCCCCCCCCC[Si](C)(C)C)[C@H]1O[C@@H](n2cc(F)c(=O)[nH]c2=O)C[C@@H]1O. The molecule has 256 valence electrons. The van der Waals surface area contributed by atoms with Crippen LogP contribution in [-0.4, -0.2) is 64.0 Å². The number of aliphatic hydroxyl groups is 1. The van der Waals surface area contributed by atoms with Gasteiger partial charge in [0.2, 0.25) is 5.82 Å². The molecule has 1 unspecified atom stereocenters. The number of halogens is 1. The van der Waals surface area contributed by atoms with Crippen molar-refractivity contribution < 1.29 is 32.7 Å². The normalized spacial score (nSPS) is 21.0. The molecule has 0 aliphatic carbocycles. The standard InChI is InChI=1S/C30H56FN2O8PSSi/c1-24(28-26(34)22-27(40-28)33-23-25(31)29(35)32-30(33)36)41-42(37,38)39-18-20-43-19-16-14-12-10-8-6-5-7-9-11-13-15-17-21-44(2,3)4/h23-24,26-28,34H,5-22H2,1-4H3,(H,37,38)(H,32,35,36)/t24-,26+,27-,28-/m1/s1. The summed E-state index contributed by atoms with van der Waals surface area (Å²) in [5.41, 5.74) is -2.05. The highest BCUT2D eigenvalue weighted by Gasteiger charge is 2.42. The lowest BCUT2D eigenvalue weighted by Gasteiger charge is -2.24. The van der Waals surface area contributed by atoms with Crippen LogP contribution in [0.25, 0.3) is 0 Å². The number of H-pyrrole nitrogens is 1. The maximum absolute atomic E-state index is 13.6. The number of rotatable bonds is 24. The van der Waals surface area contributed by atoms with Gasteiger partial charge in [0.05, 0.1) is 25.0 Å². The molecule has 0 bridgehead atoms. The van der Waals surface area contributed by atoms with Crippen LogP contribution in [0.1, 0.15) is 103 Å². The fraction of sp³-hybridized carbons (Fsp3) is 0.867. The monoisotopic (exact) mass is 682 g/mol. The summed E-state index contributed by atoms with van der Waals surface area (Å²) in [6.45, 7) is 8.85. The molecule has 1 fully saturated rings. The van der Waals surface area contributed by atoms with Gasteiger partial charge in [-0.3, -0.25) is 23.4 Å². The lowest BCUT2D eigenvalue weighted by molar-refractivity contribution is -0.0765. The average molecular weight is 683 g/mol. The quantitative estimate of drug-likeness (QED) is 0.0598. The molecule has 1 aliphatic rings. The Kier molecular flexibility index (Phi) is 18.3. The Morgan fingerprint density at radius 2 is 1.57 bits per heavy atom. The van der Waals surface area contributed by atoms with Crippen molar-refractivity contribution >= 4 is 27.7 Å². The number of thioether (sulfide) groups is 1. The van der Waals surface area contributed by atoms with Crippen molar-refractivity contribution in [3.05, 3.63) is 32.9 Å². The molecule has 0 amide bonds. The minimum Gasteiger partial charge on any atom is -0.390 e. The summed E-state index contributed by atoms with van der Waals surface area (Å²) in [5, 5.41) is 10.4. The number of phosphoric ester groups is 1. The van der Waals surface area contributed by atoms with Gasteiger partial charge < -0.3 is 14.7 Å². The Balaban J connectivity index is 1.45. The van der Waals surface area contributed by atoms with Crippen LogP contribution in [0.5, 0.6) is 0 Å². The number of aliphatic hydroxyl groups excluding tert-OH is 1. The van der Waals surface area contributed by atoms with Crippen LogP contribution >= 0.6 is 19.6 Å². The zero-order valence-electron chi connectivity index (χ0n) is 27.1. The van der Waals surface area contributed by atoms with E-state index in [2.05, 4.69) is 19.6 Å². The number of nitrogens with zero attached hydrogens (tertiary/aromatic N) is 1. The fourth-order valence-corrected chi connectivity index (χ4v) is 8.53. The van der Waals surface area contributed by atoms with Gasteiger partial charge in [-0.2, -0.15) is 16.2 Å². The van der Waals surface area contributed by atoms with Gasteiger partial charge in [0.1, 0.15) is 12.3 Å². The van der Waals surface area contributed by atoms with Crippen molar-refractivity contribution in [3.8, 4) is 0 Å². The van der Waals surface area contributed by atoms with Crippen LogP contribution < -0.4 is 11.2 Å². The Labute approximate surface area is 267 Å². The van der Waals surface area contributed by atoms with Crippen LogP contribution in [0.2, 0.25) is 25.7 Å². The first-order valence-electron chi connectivity index (χ1n) is 16.4. The molecule has 1 saturated heterocycles. The molecule has 3 N–H and O–H groups in total. The summed E-state index contributed by atoms with van der Waals surface area (Å²) < 4.78 is 42.7. The Morgan fingerprint density at radius 3 is 2.14 bits per heavy atom. The summed E-state index contributed by atoms with van der Waals surface area (Å²) >= 11 is 1.66. The number of hydrogen-bond acceptors (Lipinski definition) is 8. The minimum atomic E-state index is -4.42. The molecular formula is C30H56FN2O8PSSi. The minimum absolute atomic E-state index is 0.0341. The zero-order chi connectivity index (χ0) is 32.6. The third-order valence-electron chi connectivity index (χ3n) is 7.83. The van der Waals surface area contributed by atoms with E-state index in [9.17, 15) is 28.5 Å². The topological polar surface area (TPSA) is 140 Å². The van der Waals surface area contributed by atoms with Gasteiger partial charge >= 0.3 is 13.5 Å². The van der Waals surface area contributed by atoms with Gasteiger partial charge in [0.15, 0.2) is 0 Å². The predicted molar refractivity (Wildman–Crippen MR) is 178 cm³/mol. The van der Waals surface area contributed by atoms with E-state index in [4.69, 9.17) is 13.8 Å². The van der Waals surface area contributed by atoms with E-state index >= 15 is 0 Å². The van der Waals surface area contributed by atoms with E-state index in [1.54, 1.807) is 11.8 Å². The third kappa shape index (κ3) is 16.2. The second kappa shape index (κ2) is 20.4. The van der Waals surface area contributed by atoms with Crippen LogP contribution in [0.15, 0.2) is 15.8 Å². The van der Waals surface area contributed by atoms with Gasteiger partial charge in [-0.05, 0) is 19.1 Å². The second-order valence-corrected chi connectivity index (χ2v) is 21.4. The summed E-state index contributed by atoms with van der Waals surface area (Å²) in [6.07, 6.45) is 13.4. The number of phosphoric acid groups is 1. The van der Waals surface area contributed by atoms with Gasteiger partial charge in [-0.1, -0.05) is 103 Å². The summed E-state index contributed by atoms with van der Waals surface area (Å²) in [7, 11) is -5.27. The molecular weight excluding hydrogens is 626 g/mol. The molecule has 2 heterocycles. The highest BCUT2D eigenvalue weighted by atomic mass is 32.2. The van der Waals surface area contributed by atoms with Gasteiger partial charge in [0.25, 0.3) is 5.56 Å². The van der Waals surface area contributed by atoms with E-state index in [1.807, 2.05) is 4.98 Å². The van der Waals surface area contributed by atoms with Crippen molar-refractivity contribution in [3.63, 3.8) is 0 Å². The molecule has 1 aromatic rings. The number of unbranched alkanes of at least 4 members (excludes halogenated alkanes) is 12. The van der Waals surface area contributed by atoms with E-state index in [0.717, 1.165) is 16.7 Å². The Bertz CT molecular complexity index is 1120. The first-order valence-corrected chi connectivity index (χ1v) is 22.7. The molecule has 10 nitrogen and oxygen atoms in total. The molecule has 5 atom stereocenters. The maximum atomic E-state index is 13.6. The number of nitrogens with one attached hydrogen (secondary N) is 1. The molecule has 44 heavy (non-hydrogen) atoms. The van der Waals surface area contributed by atoms with Crippen LogP contribution in [-0.2, 0) is 18.3 Å². The third-order valence-corrected chi connectivity index (χ3v) is 11.8. The van der Waals surface area contributed by atoms with E-state index in [0.29, 0.717) is 11.9 Å². The highest BCUT2D eigenvalue weighted by Crippen LogP contribution is 2.46. The first-order chi connectivity index (χ1) is 20.8. The van der Waals surface area contributed by atoms with E-state index in [1.165, 1.54) is 90.0 Å². The molecule has 1 aliphatic heterocycles. The average Bonchev–Trinajstić information content (AvgIpc) is 3.32. The molecule has 2 rings (SSSR count). The van der Waals surface area contributed by atoms with E-state index in [-0.39, 0.29) is 13.0 Å². The summed E-state index contributed by atoms with van der Waals surface area (Å²) in [5.74, 6) is 0.334. The maximum Gasteiger partial charge on any atom is 0.472 e. The largest absolute Gasteiger partial charge is 0.472 e. The number of ether oxygens (including phenoxy) is 1. The predicted octanol–water partition coefficient (Wildman–Crippen LogP) is 6.99. The van der Waals surface area contributed by atoms with Gasteiger partial charge in [-0.15, -0.1) is 0 Å². The number of aromatic amines is 1. The van der Waals surface area contributed by atoms with Crippen LogP contribution in [0.4, 0.5) is 4.39 Å². The van der Waals surface area contributed by atoms with Crippen molar-refractivity contribution in [2.45, 2.75) is 147 Å². The van der Waals surface area contributed by atoms with Crippen molar-refractivity contribution in [1.82, 2.24) is 9.55 Å². The van der Waals surface area contributed by atoms with Crippen LogP contribution in [0, 0.1) is 5.82 Å². The lowest BCUT2D eigenvalue weighted by atomic mass is 10.0. The second-order valence-electron chi connectivity index (χ2n) is 13.1. The highest BCUT2D eigenvalue weighted by molar-refractivity contribution is 7.99. The fourth-order valence-electron chi connectivity index (χ4n) is 5.36. The molecule has 0 saturated carbocycles. The Morgan fingerprint density at radius 1 is 1.02 bits per heavy atom. The molecule has 1 aromatic heterocycles. The number of aromatic nitrogens is 2. The molecule has 0 radical (unpaired) electrons. The molecule has 14 heteroatoms. The smallest absolute Gasteiger partial charge is 0.390 e. The first kappa shape index (κ1) is 39.4. The van der Waals surface area contributed by atoms with Crippen molar-refractivity contribution in [2.24, 2.45) is 0 Å². The van der Waals surface area contributed by atoms with E-state index < -0.39 is 57.5 Å². The Hall–Kier alpha value is -0.793. The molecule has 0 aromatic carbocycles. The van der Waals surface area contributed by atoms with Gasteiger partial charge in [-0.25, -0.2) is 9.36 Å². The lowest BCUT2D eigenvalue weighted by Crippen LogP contribution is -2.35. The van der Waals surface area contributed by atoms with Crippen LogP contribution in [0.3, 0.4) is 0 Å². The van der Waals surface area contributed by atoms with Crippen molar-refractivity contribution in [2.75, 3.05) is 18.1 Å². The zero-order valence-corrected chi connectivity index (χ0v) is 29.9. The summed E-state index contributed by atoms with van der Waals surface area (Å²) in [4.78, 5) is 35.2. The number of hydrogen-bond donors (Lipinski definition) is 3. The summed E-state index contributed by atoms with van der Waals surface area (Å²) in [6, 6.07) is 1.47. The molecule has 0 spiro atoms.